The number of nitrogens with one attached hydrogen (secondary N) is 1. The maximum Gasteiger partial charge on any atom is 0.0931 e. The summed E-state index contributed by atoms with van der Waals surface area (Å²) in [5.74, 6) is 0. The van der Waals surface area contributed by atoms with Gasteiger partial charge in [0.1, 0.15) is 0 Å². The number of hydrogen-bond donors (Lipinski definition) is 1. The van der Waals surface area contributed by atoms with Gasteiger partial charge in [0.05, 0.1) is 10.4 Å². The van der Waals surface area contributed by atoms with Crippen LogP contribution in [0.5, 0.6) is 0 Å². The molecule has 1 nitrogen and oxygen atoms in total. The molecule has 1 heterocycles. The average molecular weight is 300 g/mol. The molecule has 0 aliphatic rings. The molecule has 2 aromatic rings. The summed E-state index contributed by atoms with van der Waals surface area (Å²) in [5.41, 5.74) is 1.21. The van der Waals surface area contributed by atoms with Gasteiger partial charge in [-0.1, -0.05) is 42.3 Å². The summed E-state index contributed by atoms with van der Waals surface area (Å²) in [6.07, 6.45) is 1.10. The predicted molar refractivity (Wildman–Crippen MR) is 80.9 cm³/mol. The lowest BCUT2D eigenvalue weighted by Gasteiger charge is -2.17. The van der Waals surface area contributed by atoms with E-state index in [1.165, 1.54) is 10.4 Å². The second-order valence-electron chi connectivity index (χ2n) is 4.08. The molecule has 1 atom stereocenters. The lowest BCUT2D eigenvalue weighted by atomic mass is 10.1. The van der Waals surface area contributed by atoms with Crippen molar-refractivity contribution in [2.45, 2.75) is 19.4 Å². The highest BCUT2D eigenvalue weighted by atomic mass is 35.5. The summed E-state index contributed by atoms with van der Waals surface area (Å²) in [7, 11) is 0. The minimum Gasteiger partial charge on any atom is -0.306 e. The van der Waals surface area contributed by atoms with Gasteiger partial charge in [-0.3, -0.25) is 0 Å². The van der Waals surface area contributed by atoms with Gasteiger partial charge in [-0.25, -0.2) is 0 Å². The van der Waals surface area contributed by atoms with Gasteiger partial charge < -0.3 is 5.32 Å². The Morgan fingerprint density at radius 1 is 1.11 bits per heavy atom. The maximum atomic E-state index is 6.02. The highest BCUT2D eigenvalue weighted by Crippen LogP contribution is 2.31. The minimum atomic E-state index is 0.194. The normalized spacial score (nSPS) is 12.6. The second-order valence-corrected chi connectivity index (χ2v) is 6.26. The first kappa shape index (κ1) is 13.9. The molecular weight excluding hydrogens is 285 g/mol. The molecule has 1 unspecified atom stereocenters. The number of rotatable bonds is 5. The van der Waals surface area contributed by atoms with Crippen molar-refractivity contribution in [1.29, 1.82) is 0 Å². The molecule has 96 valence electrons. The maximum absolute atomic E-state index is 6.02. The molecule has 1 aromatic carbocycles. The van der Waals surface area contributed by atoms with E-state index in [4.69, 9.17) is 23.2 Å². The Balaban J connectivity index is 2.27. The van der Waals surface area contributed by atoms with E-state index in [0.29, 0.717) is 0 Å². The van der Waals surface area contributed by atoms with Crippen molar-refractivity contribution in [3.8, 4) is 0 Å². The molecule has 2 rings (SSSR count). The Labute approximate surface area is 122 Å². The number of thiophene rings is 1. The van der Waals surface area contributed by atoms with Crippen LogP contribution in [0.1, 0.15) is 29.8 Å². The molecule has 0 saturated carbocycles. The van der Waals surface area contributed by atoms with Gasteiger partial charge in [0.25, 0.3) is 0 Å². The summed E-state index contributed by atoms with van der Waals surface area (Å²) in [4.78, 5) is 1.23. The Morgan fingerprint density at radius 2 is 1.83 bits per heavy atom. The first-order valence-corrected chi connectivity index (χ1v) is 7.52. The molecular formula is C14H15Cl2NS. The van der Waals surface area contributed by atoms with E-state index in [2.05, 4.69) is 30.4 Å². The first-order valence-electron chi connectivity index (χ1n) is 5.94. The van der Waals surface area contributed by atoms with Crippen molar-refractivity contribution < 1.29 is 0 Å². The smallest absolute Gasteiger partial charge is 0.0931 e. The highest BCUT2D eigenvalue weighted by Gasteiger charge is 2.15. The lowest BCUT2D eigenvalue weighted by molar-refractivity contribution is 0.606. The zero-order chi connectivity index (χ0) is 13.0. The van der Waals surface area contributed by atoms with Crippen LogP contribution in [0.2, 0.25) is 9.36 Å². The Kier molecular flexibility index (Phi) is 5.07. The standard InChI is InChI=1S/C14H15Cl2NS/c1-2-9-17-14(12-7-8-13(16)18-12)10-3-5-11(15)6-4-10/h3-8,14,17H,2,9H2,1H3. The van der Waals surface area contributed by atoms with Crippen molar-refractivity contribution in [3.05, 3.63) is 56.2 Å². The van der Waals surface area contributed by atoms with Crippen LogP contribution in [0.15, 0.2) is 36.4 Å². The molecule has 0 fully saturated rings. The second kappa shape index (κ2) is 6.58. The Bertz CT molecular complexity index is 493. The van der Waals surface area contributed by atoms with Crippen LogP contribution in [0.25, 0.3) is 0 Å². The van der Waals surface area contributed by atoms with Crippen LogP contribution >= 0.6 is 34.5 Å². The zero-order valence-corrected chi connectivity index (χ0v) is 12.4. The van der Waals surface area contributed by atoms with Crippen molar-refractivity contribution in [2.75, 3.05) is 6.54 Å². The van der Waals surface area contributed by atoms with Crippen LogP contribution in [0.3, 0.4) is 0 Å². The van der Waals surface area contributed by atoms with Crippen molar-refractivity contribution in [1.82, 2.24) is 5.32 Å². The fourth-order valence-corrected chi connectivity index (χ4v) is 3.10. The number of hydrogen-bond acceptors (Lipinski definition) is 2. The Morgan fingerprint density at radius 3 is 2.39 bits per heavy atom. The SMILES string of the molecule is CCCNC(c1ccc(Cl)cc1)c1ccc(Cl)s1. The minimum absolute atomic E-state index is 0.194. The molecule has 0 bridgehead atoms. The topological polar surface area (TPSA) is 12.0 Å². The third-order valence-electron chi connectivity index (χ3n) is 2.68. The van der Waals surface area contributed by atoms with Gasteiger partial charge in [-0.15, -0.1) is 11.3 Å². The summed E-state index contributed by atoms with van der Waals surface area (Å²) >= 11 is 13.6. The van der Waals surface area contributed by atoms with Crippen LogP contribution in [-0.2, 0) is 0 Å². The van der Waals surface area contributed by atoms with Crippen LogP contribution in [0, 0.1) is 0 Å². The van der Waals surface area contributed by atoms with Gasteiger partial charge in [-0.2, -0.15) is 0 Å². The van der Waals surface area contributed by atoms with E-state index in [1.54, 1.807) is 11.3 Å². The van der Waals surface area contributed by atoms with E-state index in [-0.39, 0.29) is 6.04 Å². The van der Waals surface area contributed by atoms with Gasteiger partial charge in [0.2, 0.25) is 0 Å². The molecule has 0 spiro atoms. The van der Waals surface area contributed by atoms with Crippen LogP contribution in [0.4, 0.5) is 0 Å². The van der Waals surface area contributed by atoms with E-state index >= 15 is 0 Å². The molecule has 0 saturated heterocycles. The van der Waals surface area contributed by atoms with E-state index in [1.807, 2.05) is 18.2 Å². The van der Waals surface area contributed by atoms with Crippen molar-refractivity contribution in [2.24, 2.45) is 0 Å². The predicted octanol–water partition coefficient (Wildman–Crippen LogP) is 5.14. The number of halogens is 2. The van der Waals surface area contributed by atoms with E-state index in [0.717, 1.165) is 22.3 Å². The zero-order valence-electron chi connectivity index (χ0n) is 10.1. The largest absolute Gasteiger partial charge is 0.306 e. The summed E-state index contributed by atoms with van der Waals surface area (Å²) in [6.45, 7) is 3.14. The Hall–Kier alpha value is -0.540. The lowest BCUT2D eigenvalue weighted by Crippen LogP contribution is -2.22. The average Bonchev–Trinajstić information content (AvgIpc) is 2.78. The third kappa shape index (κ3) is 3.48. The third-order valence-corrected chi connectivity index (χ3v) is 4.23. The van der Waals surface area contributed by atoms with Crippen LogP contribution in [-0.4, -0.2) is 6.54 Å². The van der Waals surface area contributed by atoms with Gasteiger partial charge in [0, 0.05) is 9.90 Å². The van der Waals surface area contributed by atoms with Gasteiger partial charge in [0.15, 0.2) is 0 Å². The summed E-state index contributed by atoms with van der Waals surface area (Å²) in [5, 5.41) is 4.30. The molecule has 0 radical (unpaired) electrons. The fraction of sp³-hybridized carbons (Fsp3) is 0.286. The van der Waals surface area contributed by atoms with Crippen molar-refractivity contribution >= 4 is 34.5 Å². The molecule has 0 aliphatic carbocycles. The van der Waals surface area contributed by atoms with E-state index in [9.17, 15) is 0 Å². The molecule has 1 aromatic heterocycles. The number of benzene rings is 1. The first-order chi connectivity index (χ1) is 8.70. The summed E-state index contributed by atoms with van der Waals surface area (Å²) < 4.78 is 0.822. The van der Waals surface area contributed by atoms with E-state index < -0.39 is 0 Å². The molecule has 1 N–H and O–H groups in total. The van der Waals surface area contributed by atoms with Gasteiger partial charge >= 0.3 is 0 Å². The van der Waals surface area contributed by atoms with Crippen molar-refractivity contribution in [3.63, 3.8) is 0 Å². The molecule has 0 aliphatic heterocycles. The quantitative estimate of drug-likeness (QED) is 0.805. The summed E-state index contributed by atoms with van der Waals surface area (Å²) in [6, 6.07) is 12.2. The molecule has 18 heavy (non-hydrogen) atoms. The van der Waals surface area contributed by atoms with Crippen LogP contribution < -0.4 is 5.32 Å². The monoisotopic (exact) mass is 299 g/mol. The van der Waals surface area contributed by atoms with Gasteiger partial charge in [-0.05, 0) is 42.8 Å². The highest BCUT2D eigenvalue weighted by molar-refractivity contribution is 7.16. The molecule has 4 heteroatoms. The molecule has 0 amide bonds. The fourth-order valence-electron chi connectivity index (χ4n) is 1.81.